The summed E-state index contributed by atoms with van der Waals surface area (Å²) in [5.74, 6) is -2.10. The van der Waals surface area contributed by atoms with Crippen molar-refractivity contribution in [1.82, 2.24) is 4.98 Å². The Kier molecular flexibility index (Phi) is 6.87. The number of nitrogens with zero attached hydrogens (tertiary/aromatic N) is 3. The number of benzene rings is 2. The van der Waals surface area contributed by atoms with E-state index in [9.17, 15) is 31.9 Å². The third kappa shape index (κ3) is 5.10. The van der Waals surface area contributed by atoms with E-state index in [0.29, 0.717) is 17.8 Å². The summed E-state index contributed by atoms with van der Waals surface area (Å²) in [6.45, 7) is 2.03. The summed E-state index contributed by atoms with van der Waals surface area (Å²) < 4.78 is 68.0. The fourth-order valence-electron chi connectivity index (χ4n) is 2.88. The summed E-state index contributed by atoms with van der Waals surface area (Å²) >= 11 is 0.515. The van der Waals surface area contributed by atoms with Crippen molar-refractivity contribution in [1.29, 1.82) is 0 Å². The van der Waals surface area contributed by atoms with Gasteiger partial charge in [0.25, 0.3) is 0 Å². The van der Waals surface area contributed by atoms with Crippen LogP contribution >= 0.6 is 11.3 Å². The van der Waals surface area contributed by atoms with Gasteiger partial charge >= 0.3 is 12.1 Å². The van der Waals surface area contributed by atoms with Crippen molar-refractivity contribution >= 4 is 28.7 Å². The molecular weight excluding hydrogens is 453 g/mol. The third-order valence-electron chi connectivity index (χ3n) is 4.30. The summed E-state index contributed by atoms with van der Waals surface area (Å²) in [6.07, 6.45) is -3.01. The maximum Gasteiger partial charge on any atom is 0.417 e. The van der Waals surface area contributed by atoms with Gasteiger partial charge in [-0.25, -0.2) is 19.2 Å². The van der Waals surface area contributed by atoms with Crippen LogP contribution in [-0.2, 0) is 6.18 Å². The summed E-state index contributed by atoms with van der Waals surface area (Å²) in [6, 6.07) is 7.66. The lowest BCUT2D eigenvalue weighted by Gasteiger charge is -2.15. The molecule has 0 spiro atoms. The molecule has 168 valence electrons. The molecule has 0 aliphatic heterocycles. The van der Waals surface area contributed by atoms with Gasteiger partial charge in [0.2, 0.25) is 10.3 Å². The molecule has 0 saturated carbocycles. The number of carboxylic acids is 1. The van der Waals surface area contributed by atoms with E-state index in [1.165, 1.54) is 23.2 Å². The summed E-state index contributed by atoms with van der Waals surface area (Å²) in [7, 11) is 0. The minimum atomic E-state index is -4.69. The van der Waals surface area contributed by atoms with E-state index in [4.69, 9.17) is 0 Å². The zero-order chi connectivity index (χ0) is 23.5. The molecule has 0 aliphatic carbocycles. The molecule has 0 bridgehead atoms. The first-order valence-corrected chi connectivity index (χ1v) is 10.1. The van der Waals surface area contributed by atoms with Crippen LogP contribution in [0.4, 0.5) is 27.1 Å². The van der Waals surface area contributed by atoms with Crippen molar-refractivity contribution in [2.24, 2.45) is 5.10 Å². The second kappa shape index (κ2) is 9.43. The molecule has 32 heavy (non-hydrogen) atoms. The maximum atomic E-state index is 14.6. The number of halogens is 5. The summed E-state index contributed by atoms with van der Waals surface area (Å²) in [4.78, 5) is 15.4. The topological polar surface area (TPSA) is 65.8 Å². The number of anilines is 1. The van der Waals surface area contributed by atoms with E-state index in [-0.39, 0.29) is 22.8 Å². The zero-order valence-electron chi connectivity index (χ0n) is 16.5. The van der Waals surface area contributed by atoms with Crippen LogP contribution in [0.5, 0.6) is 0 Å². The van der Waals surface area contributed by atoms with Crippen LogP contribution in [0.25, 0.3) is 11.3 Å². The zero-order valence-corrected chi connectivity index (χ0v) is 17.3. The molecule has 0 aliphatic rings. The molecule has 0 fully saturated rings. The molecular formula is C21H16F5N3O2S. The fraction of sp³-hybridized carbons (Fsp3) is 0.190. The van der Waals surface area contributed by atoms with E-state index >= 15 is 0 Å². The summed E-state index contributed by atoms with van der Waals surface area (Å²) in [5, 5.41) is 13.7. The Hall–Kier alpha value is -3.34. The Labute approximate surface area is 183 Å². The van der Waals surface area contributed by atoms with Crippen molar-refractivity contribution in [3.63, 3.8) is 0 Å². The van der Waals surface area contributed by atoms with Gasteiger partial charge in [-0.05, 0) is 30.7 Å². The Morgan fingerprint density at radius 3 is 2.59 bits per heavy atom. The van der Waals surface area contributed by atoms with Crippen LogP contribution in [0.15, 0.2) is 47.6 Å². The number of aromatic nitrogens is 1. The fourth-order valence-corrected chi connectivity index (χ4v) is 3.67. The molecule has 0 saturated heterocycles. The standard InChI is InChI=1S/C21H16F5N3O2S/c1-2-9-29(27-11-12-7-8-13(22)10-15(12)19(30)31)20-28-17(18(23)32-20)14-5-3-4-6-16(14)21(24,25)26/h3-8,10-11H,2,9H2,1H3,(H,30,31)/b27-11+. The number of carboxylic acid groups (broad SMARTS) is 1. The molecule has 0 amide bonds. The number of hydrogen-bond donors (Lipinski definition) is 1. The maximum absolute atomic E-state index is 14.6. The number of aromatic carboxylic acids is 1. The Bertz CT molecular complexity index is 1160. The second-order valence-electron chi connectivity index (χ2n) is 6.57. The molecule has 3 rings (SSSR count). The molecule has 5 nitrogen and oxygen atoms in total. The predicted octanol–water partition coefficient (Wildman–Crippen LogP) is 6.06. The highest BCUT2D eigenvalue weighted by atomic mass is 32.1. The number of hydrazone groups is 1. The highest BCUT2D eigenvalue weighted by Crippen LogP contribution is 2.40. The number of carbonyl (C=O) groups is 1. The van der Waals surface area contributed by atoms with Crippen LogP contribution in [0.1, 0.15) is 34.8 Å². The average molecular weight is 469 g/mol. The van der Waals surface area contributed by atoms with E-state index in [1.807, 2.05) is 0 Å². The van der Waals surface area contributed by atoms with E-state index < -0.39 is 39.9 Å². The highest BCUT2D eigenvalue weighted by Gasteiger charge is 2.35. The first-order valence-electron chi connectivity index (χ1n) is 9.29. The first kappa shape index (κ1) is 23.3. The molecule has 2 aromatic carbocycles. The van der Waals surface area contributed by atoms with Gasteiger partial charge in [0.15, 0.2) is 0 Å². The highest BCUT2D eigenvalue weighted by molar-refractivity contribution is 7.14. The van der Waals surface area contributed by atoms with Crippen molar-refractivity contribution in [2.75, 3.05) is 11.6 Å². The number of hydrogen-bond acceptors (Lipinski definition) is 5. The smallest absolute Gasteiger partial charge is 0.417 e. The van der Waals surface area contributed by atoms with Gasteiger partial charge in [-0.3, -0.25) is 0 Å². The van der Waals surface area contributed by atoms with Crippen molar-refractivity contribution in [3.8, 4) is 11.3 Å². The van der Waals surface area contributed by atoms with Gasteiger partial charge in [0.05, 0.1) is 17.3 Å². The third-order valence-corrected chi connectivity index (χ3v) is 5.16. The molecule has 1 N–H and O–H groups in total. The van der Waals surface area contributed by atoms with Crippen LogP contribution < -0.4 is 5.01 Å². The lowest BCUT2D eigenvalue weighted by molar-refractivity contribution is -0.137. The number of rotatable bonds is 7. The van der Waals surface area contributed by atoms with E-state index in [1.54, 1.807) is 6.92 Å². The van der Waals surface area contributed by atoms with Gasteiger partial charge in [0.1, 0.15) is 11.5 Å². The Balaban J connectivity index is 2.00. The van der Waals surface area contributed by atoms with Gasteiger partial charge in [-0.1, -0.05) is 36.5 Å². The molecule has 3 aromatic rings. The Morgan fingerprint density at radius 1 is 1.22 bits per heavy atom. The van der Waals surface area contributed by atoms with Crippen molar-refractivity contribution in [2.45, 2.75) is 19.5 Å². The molecule has 0 radical (unpaired) electrons. The van der Waals surface area contributed by atoms with Crippen LogP contribution in [-0.4, -0.2) is 28.8 Å². The van der Waals surface area contributed by atoms with Gasteiger partial charge in [0, 0.05) is 17.7 Å². The van der Waals surface area contributed by atoms with Gasteiger partial charge in [-0.15, -0.1) is 0 Å². The normalized spacial score (nSPS) is 11.8. The SMILES string of the molecule is CCCN(/N=C/c1ccc(F)cc1C(=O)O)c1nc(-c2ccccc2C(F)(F)F)c(F)s1. The Morgan fingerprint density at radius 2 is 1.94 bits per heavy atom. The van der Waals surface area contributed by atoms with Gasteiger partial charge in [-0.2, -0.15) is 22.7 Å². The van der Waals surface area contributed by atoms with Crippen LogP contribution in [0.3, 0.4) is 0 Å². The number of alkyl halides is 3. The minimum Gasteiger partial charge on any atom is -0.478 e. The monoisotopic (exact) mass is 469 g/mol. The molecule has 1 aromatic heterocycles. The van der Waals surface area contributed by atoms with Gasteiger partial charge < -0.3 is 5.11 Å². The quantitative estimate of drug-likeness (QED) is 0.260. The van der Waals surface area contributed by atoms with Crippen molar-refractivity contribution < 1.29 is 31.9 Å². The molecule has 11 heteroatoms. The number of thiazole rings is 1. The molecule has 1 heterocycles. The summed E-state index contributed by atoms with van der Waals surface area (Å²) in [5.41, 5.74) is -2.09. The van der Waals surface area contributed by atoms with Crippen molar-refractivity contribution in [3.05, 3.63) is 70.1 Å². The molecule has 0 unspecified atom stereocenters. The molecule has 0 atom stereocenters. The lowest BCUT2D eigenvalue weighted by Crippen LogP contribution is -2.17. The van der Waals surface area contributed by atoms with E-state index in [2.05, 4.69) is 10.1 Å². The lowest BCUT2D eigenvalue weighted by atomic mass is 10.0. The minimum absolute atomic E-state index is 0.00781. The largest absolute Gasteiger partial charge is 0.478 e. The second-order valence-corrected chi connectivity index (χ2v) is 7.49. The van der Waals surface area contributed by atoms with Crippen LogP contribution in [0, 0.1) is 10.9 Å². The average Bonchev–Trinajstić information content (AvgIpc) is 3.12. The van der Waals surface area contributed by atoms with E-state index in [0.717, 1.165) is 30.5 Å². The van der Waals surface area contributed by atoms with Crippen LogP contribution in [0.2, 0.25) is 0 Å². The first-order chi connectivity index (χ1) is 15.1. The predicted molar refractivity (Wildman–Crippen MR) is 111 cm³/mol.